The van der Waals surface area contributed by atoms with E-state index in [1.54, 1.807) is 0 Å². The number of fused-ring (bicyclic) bond motifs is 1. The highest BCUT2D eigenvalue weighted by Crippen LogP contribution is 2.30. The summed E-state index contributed by atoms with van der Waals surface area (Å²) in [6.07, 6.45) is 0. The topological polar surface area (TPSA) is 21.7 Å². The minimum absolute atomic E-state index is 0.638. The average Bonchev–Trinajstić information content (AvgIpc) is 2.29. The Hall–Kier alpha value is -0.870. The maximum absolute atomic E-state index is 5.52. The smallest absolute Gasteiger partial charge is 0.161 e. The molecule has 1 heterocycles. The Labute approximate surface area is 95.4 Å². The van der Waals surface area contributed by atoms with Gasteiger partial charge in [-0.1, -0.05) is 6.07 Å². The number of hydrogen-bond acceptors (Lipinski definition) is 4. The molecule has 0 N–H and O–H groups in total. The molecule has 2 rings (SSSR count). The molecule has 82 valence electrons. The summed E-state index contributed by atoms with van der Waals surface area (Å²) in [5.41, 5.74) is 1.22. The van der Waals surface area contributed by atoms with Crippen LogP contribution in [0.1, 0.15) is 5.56 Å². The standard InChI is InChI=1S/C11H15NO2S/c1-12(8-15)7-9-2-3-10-11(6-9)14-5-4-13-10/h2-3,6,15H,4-5,7-8H2,1H3. The largest absolute Gasteiger partial charge is 0.486 e. The van der Waals surface area contributed by atoms with Crippen LogP contribution in [0.2, 0.25) is 0 Å². The number of benzene rings is 1. The number of nitrogens with zero attached hydrogens (tertiary/aromatic N) is 1. The molecule has 0 fully saturated rings. The van der Waals surface area contributed by atoms with Crippen molar-refractivity contribution in [2.75, 3.05) is 26.1 Å². The average molecular weight is 225 g/mol. The van der Waals surface area contributed by atoms with Gasteiger partial charge < -0.3 is 9.47 Å². The third-order valence-corrected chi connectivity index (χ3v) is 2.78. The fraction of sp³-hybridized carbons (Fsp3) is 0.455. The number of thiol groups is 1. The van der Waals surface area contributed by atoms with Gasteiger partial charge in [-0.05, 0) is 24.7 Å². The first kappa shape index (κ1) is 10.6. The summed E-state index contributed by atoms with van der Waals surface area (Å²) in [6, 6.07) is 6.07. The van der Waals surface area contributed by atoms with Crippen molar-refractivity contribution < 1.29 is 9.47 Å². The maximum Gasteiger partial charge on any atom is 0.161 e. The van der Waals surface area contributed by atoms with E-state index in [9.17, 15) is 0 Å². The second-order valence-corrected chi connectivity index (χ2v) is 3.92. The van der Waals surface area contributed by atoms with E-state index in [0.29, 0.717) is 13.2 Å². The predicted octanol–water partition coefficient (Wildman–Crippen LogP) is 1.78. The fourth-order valence-corrected chi connectivity index (χ4v) is 1.65. The third-order valence-electron chi connectivity index (χ3n) is 2.30. The van der Waals surface area contributed by atoms with Crippen LogP contribution in [-0.2, 0) is 6.54 Å². The molecule has 1 aliphatic rings. The summed E-state index contributed by atoms with van der Waals surface area (Å²) in [5, 5.41) is 0. The van der Waals surface area contributed by atoms with E-state index in [0.717, 1.165) is 23.9 Å². The van der Waals surface area contributed by atoms with Crippen molar-refractivity contribution in [3.05, 3.63) is 23.8 Å². The Morgan fingerprint density at radius 3 is 2.73 bits per heavy atom. The van der Waals surface area contributed by atoms with E-state index >= 15 is 0 Å². The lowest BCUT2D eigenvalue weighted by Gasteiger charge is -2.20. The highest BCUT2D eigenvalue weighted by Gasteiger charge is 2.11. The molecule has 0 atom stereocenters. The first-order valence-corrected chi connectivity index (χ1v) is 5.61. The second kappa shape index (κ2) is 4.77. The molecule has 4 heteroatoms. The molecule has 0 amide bonds. The summed E-state index contributed by atoms with van der Waals surface area (Å²) in [4.78, 5) is 2.12. The number of rotatable bonds is 3. The van der Waals surface area contributed by atoms with Crippen LogP contribution >= 0.6 is 12.6 Å². The molecule has 0 spiro atoms. The summed E-state index contributed by atoms with van der Waals surface area (Å²) < 4.78 is 11.0. The Bertz CT molecular complexity index is 343. The van der Waals surface area contributed by atoms with Crippen LogP contribution in [0.15, 0.2) is 18.2 Å². The van der Waals surface area contributed by atoms with Gasteiger partial charge in [-0.3, -0.25) is 4.90 Å². The van der Waals surface area contributed by atoms with Crippen molar-refractivity contribution in [1.82, 2.24) is 4.90 Å². The van der Waals surface area contributed by atoms with Crippen molar-refractivity contribution in [1.29, 1.82) is 0 Å². The second-order valence-electron chi connectivity index (χ2n) is 3.63. The molecule has 1 aliphatic heterocycles. The molecular formula is C11H15NO2S. The summed E-state index contributed by atoms with van der Waals surface area (Å²) in [5.74, 6) is 2.44. The lowest BCUT2D eigenvalue weighted by atomic mass is 10.2. The Morgan fingerprint density at radius 1 is 1.27 bits per heavy atom. The van der Waals surface area contributed by atoms with Gasteiger partial charge in [0.15, 0.2) is 11.5 Å². The van der Waals surface area contributed by atoms with E-state index in [-0.39, 0.29) is 0 Å². The Morgan fingerprint density at radius 2 is 2.00 bits per heavy atom. The van der Waals surface area contributed by atoms with Crippen LogP contribution in [0.25, 0.3) is 0 Å². The molecule has 0 saturated carbocycles. The molecular weight excluding hydrogens is 210 g/mol. The molecule has 1 aromatic carbocycles. The van der Waals surface area contributed by atoms with Gasteiger partial charge in [0.1, 0.15) is 13.2 Å². The van der Waals surface area contributed by atoms with Gasteiger partial charge >= 0.3 is 0 Å². The van der Waals surface area contributed by atoms with Gasteiger partial charge in [-0.15, -0.1) is 0 Å². The van der Waals surface area contributed by atoms with Crippen molar-refractivity contribution in [3.8, 4) is 11.5 Å². The number of ether oxygens (including phenoxy) is 2. The minimum Gasteiger partial charge on any atom is -0.486 e. The van der Waals surface area contributed by atoms with Crippen molar-refractivity contribution in [2.24, 2.45) is 0 Å². The van der Waals surface area contributed by atoms with Crippen molar-refractivity contribution in [2.45, 2.75) is 6.54 Å². The van der Waals surface area contributed by atoms with E-state index < -0.39 is 0 Å². The molecule has 1 aromatic rings. The highest BCUT2D eigenvalue weighted by atomic mass is 32.1. The monoisotopic (exact) mass is 225 g/mol. The van der Waals surface area contributed by atoms with Crippen LogP contribution in [0.5, 0.6) is 11.5 Å². The molecule has 0 radical (unpaired) electrons. The zero-order chi connectivity index (χ0) is 10.7. The van der Waals surface area contributed by atoms with Gasteiger partial charge in [0.25, 0.3) is 0 Å². The number of hydrogen-bond donors (Lipinski definition) is 1. The SMILES string of the molecule is CN(CS)Cc1ccc2c(c1)OCCO2. The van der Waals surface area contributed by atoms with E-state index in [4.69, 9.17) is 9.47 Å². The van der Waals surface area contributed by atoms with Gasteiger partial charge in [-0.2, -0.15) is 12.6 Å². The van der Waals surface area contributed by atoms with Crippen LogP contribution in [0, 0.1) is 0 Å². The molecule has 0 unspecified atom stereocenters. The van der Waals surface area contributed by atoms with E-state index in [1.807, 2.05) is 19.2 Å². The Kier molecular flexibility index (Phi) is 3.38. The quantitative estimate of drug-likeness (QED) is 0.626. The van der Waals surface area contributed by atoms with E-state index in [2.05, 4.69) is 23.6 Å². The molecule has 0 aliphatic carbocycles. The zero-order valence-corrected chi connectivity index (χ0v) is 9.67. The first-order valence-electron chi connectivity index (χ1n) is 4.97. The summed E-state index contributed by atoms with van der Waals surface area (Å²) in [6.45, 7) is 2.15. The van der Waals surface area contributed by atoms with Gasteiger partial charge in [0.05, 0.1) is 0 Å². The fourth-order valence-electron chi connectivity index (χ4n) is 1.55. The van der Waals surface area contributed by atoms with Crippen LogP contribution in [-0.4, -0.2) is 31.0 Å². The van der Waals surface area contributed by atoms with Crippen molar-refractivity contribution >= 4 is 12.6 Å². The summed E-state index contributed by atoms with van der Waals surface area (Å²) >= 11 is 4.21. The molecule has 3 nitrogen and oxygen atoms in total. The van der Waals surface area contributed by atoms with Crippen LogP contribution in [0.3, 0.4) is 0 Å². The molecule has 0 bridgehead atoms. The van der Waals surface area contributed by atoms with Crippen LogP contribution in [0.4, 0.5) is 0 Å². The molecule has 15 heavy (non-hydrogen) atoms. The lowest BCUT2D eigenvalue weighted by molar-refractivity contribution is 0.171. The van der Waals surface area contributed by atoms with Crippen molar-refractivity contribution in [3.63, 3.8) is 0 Å². The third kappa shape index (κ3) is 2.58. The molecule has 0 aromatic heterocycles. The molecule has 0 saturated heterocycles. The summed E-state index contributed by atoms with van der Waals surface area (Å²) in [7, 11) is 2.03. The highest BCUT2D eigenvalue weighted by molar-refractivity contribution is 7.80. The minimum atomic E-state index is 0.638. The van der Waals surface area contributed by atoms with Gasteiger partial charge in [0, 0.05) is 12.4 Å². The Balaban J connectivity index is 2.13. The first-order chi connectivity index (χ1) is 7.29. The normalized spacial score (nSPS) is 14.3. The predicted molar refractivity (Wildman–Crippen MR) is 62.8 cm³/mol. The van der Waals surface area contributed by atoms with E-state index in [1.165, 1.54) is 5.56 Å². The van der Waals surface area contributed by atoms with Crippen LogP contribution < -0.4 is 9.47 Å². The van der Waals surface area contributed by atoms with Gasteiger partial charge in [0.2, 0.25) is 0 Å². The maximum atomic E-state index is 5.52. The lowest BCUT2D eigenvalue weighted by Crippen LogP contribution is -2.17. The van der Waals surface area contributed by atoms with Gasteiger partial charge in [-0.25, -0.2) is 0 Å². The zero-order valence-electron chi connectivity index (χ0n) is 8.77.